The van der Waals surface area contributed by atoms with E-state index in [1.54, 1.807) is 31.5 Å². The Hall–Kier alpha value is -4.84. The first-order chi connectivity index (χ1) is 19.2. The lowest BCUT2D eigenvalue weighted by Crippen LogP contribution is -2.25. The second-order valence-corrected chi connectivity index (χ2v) is 8.88. The van der Waals surface area contributed by atoms with Crippen molar-refractivity contribution in [1.82, 2.24) is 25.3 Å². The number of amides is 1. The minimum absolute atomic E-state index is 0.00915. The fraction of sp³-hybridized carbons (Fsp3) is 0.179. The predicted octanol–water partition coefficient (Wildman–Crippen LogP) is 5.32. The normalized spacial score (nSPS) is 12.3. The Balaban J connectivity index is 1.46. The average Bonchev–Trinajstić information content (AvgIpc) is 3.41. The van der Waals surface area contributed by atoms with E-state index in [1.165, 1.54) is 19.2 Å². The Bertz CT molecular complexity index is 1690. The molecule has 5 rings (SSSR count). The van der Waals surface area contributed by atoms with Crippen molar-refractivity contribution in [3.63, 3.8) is 0 Å². The van der Waals surface area contributed by atoms with Gasteiger partial charge in [-0.05, 0) is 48.9 Å². The number of benzene rings is 2. The molecule has 3 aromatic heterocycles. The van der Waals surface area contributed by atoms with Crippen LogP contribution in [0.2, 0.25) is 0 Å². The molecular weight excluding hydrogens is 525 g/mol. The van der Waals surface area contributed by atoms with E-state index < -0.39 is 23.8 Å². The fourth-order valence-electron chi connectivity index (χ4n) is 4.15. The summed E-state index contributed by atoms with van der Waals surface area (Å²) in [5.74, 6) is 0.307. The van der Waals surface area contributed by atoms with E-state index in [2.05, 4.69) is 25.3 Å². The molecule has 9 nitrogen and oxygen atoms in total. The first kappa shape index (κ1) is 26.8. The molecule has 0 unspecified atom stereocenters. The first-order valence-corrected chi connectivity index (χ1v) is 12.1. The number of carbonyl (C=O) groups excluding carboxylic acids is 1. The second-order valence-electron chi connectivity index (χ2n) is 8.88. The van der Waals surface area contributed by atoms with E-state index >= 15 is 0 Å². The number of carbonyl (C=O) groups is 1. The van der Waals surface area contributed by atoms with E-state index in [0.717, 1.165) is 17.2 Å². The molecule has 3 heterocycles. The van der Waals surface area contributed by atoms with Crippen molar-refractivity contribution in [2.45, 2.75) is 25.7 Å². The van der Waals surface area contributed by atoms with Gasteiger partial charge < -0.3 is 20.2 Å². The van der Waals surface area contributed by atoms with Gasteiger partial charge in [-0.25, -0.2) is 19.9 Å². The molecule has 0 spiro atoms. The molecule has 1 amide bonds. The number of hydrogen-bond donors (Lipinski definition) is 2. The highest BCUT2D eigenvalue weighted by Crippen LogP contribution is 2.37. The number of fused-ring (bicyclic) bond motifs is 1. The SMILES string of the molecule is COc1ccc(-c2nc(C(=O)NCc3cccc(-c4ncccn4)c3)c([C@H](C)N)o2)c2ccc(C(F)(F)F)nc12. The summed E-state index contributed by atoms with van der Waals surface area (Å²) in [4.78, 5) is 29.8. The fourth-order valence-corrected chi connectivity index (χ4v) is 4.15. The Morgan fingerprint density at radius 3 is 2.55 bits per heavy atom. The maximum Gasteiger partial charge on any atom is 0.433 e. The van der Waals surface area contributed by atoms with Crippen molar-refractivity contribution in [1.29, 1.82) is 0 Å². The number of nitrogens with one attached hydrogen (secondary N) is 1. The monoisotopic (exact) mass is 548 g/mol. The summed E-state index contributed by atoms with van der Waals surface area (Å²) in [5, 5.41) is 3.12. The zero-order valence-electron chi connectivity index (χ0n) is 21.4. The summed E-state index contributed by atoms with van der Waals surface area (Å²) in [6.45, 7) is 1.81. The minimum Gasteiger partial charge on any atom is -0.494 e. The number of methoxy groups -OCH3 is 1. The van der Waals surface area contributed by atoms with Gasteiger partial charge in [-0.3, -0.25) is 4.79 Å². The molecule has 0 aliphatic carbocycles. The molecule has 2 aromatic carbocycles. The third-order valence-corrected chi connectivity index (χ3v) is 6.05. The predicted molar refractivity (Wildman–Crippen MR) is 140 cm³/mol. The highest BCUT2D eigenvalue weighted by molar-refractivity contribution is 5.98. The summed E-state index contributed by atoms with van der Waals surface area (Å²) in [7, 11) is 1.33. The van der Waals surface area contributed by atoms with Crippen molar-refractivity contribution in [3.8, 4) is 28.6 Å². The minimum atomic E-state index is -4.64. The van der Waals surface area contributed by atoms with Gasteiger partial charge in [0.2, 0.25) is 5.89 Å². The van der Waals surface area contributed by atoms with Crippen LogP contribution in [0.5, 0.6) is 5.75 Å². The Morgan fingerprint density at radius 2 is 1.85 bits per heavy atom. The van der Waals surface area contributed by atoms with Crippen LogP contribution in [0.3, 0.4) is 0 Å². The first-order valence-electron chi connectivity index (χ1n) is 12.1. The van der Waals surface area contributed by atoms with Crippen molar-refractivity contribution in [2.24, 2.45) is 5.73 Å². The number of halogens is 3. The molecule has 0 fully saturated rings. The number of alkyl halides is 3. The van der Waals surface area contributed by atoms with Crippen molar-refractivity contribution >= 4 is 16.8 Å². The second kappa shape index (κ2) is 10.7. The van der Waals surface area contributed by atoms with Crippen LogP contribution < -0.4 is 15.8 Å². The number of nitrogens with two attached hydrogens (primary N) is 1. The molecule has 0 aliphatic heterocycles. The van der Waals surface area contributed by atoms with Crippen LogP contribution in [-0.4, -0.2) is 33.0 Å². The Labute approximate surface area is 226 Å². The van der Waals surface area contributed by atoms with Crippen molar-refractivity contribution in [3.05, 3.63) is 89.7 Å². The van der Waals surface area contributed by atoms with Gasteiger partial charge in [0, 0.05) is 35.5 Å². The molecule has 0 aliphatic rings. The van der Waals surface area contributed by atoms with Gasteiger partial charge in [0.25, 0.3) is 5.91 Å². The number of pyridine rings is 1. The molecule has 12 heteroatoms. The van der Waals surface area contributed by atoms with Gasteiger partial charge in [0.15, 0.2) is 17.3 Å². The number of ether oxygens (including phenoxy) is 1. The maximum atomic E-state index is 13.3. The summed E-state index contributed by atoms with van der Waals surface area (Å²) in [5.41, 5.74) is 6.88. The van der Waals surface area contributed by atoms with E-state index in [-0.39, 0.29) is 35.2 Å². The zero-order valence-corrected chi connectivity index (χ0v) is 21.4. The molecule has 0 bridgehead atoms. The molecule has 0 radical (unpaired) electrons. The van der Waals surface area contributed by atoms with Gasteiger partial charge in [0.05, 0.1) is 13.2 Å². The van der Waals surface area contributed by atoms with Gasteiger partial charge in [0.1, 0.15) is 17.0 Å². The quantitative estimate of drug-likeness (QED) is 0.280. The van der Waals surface area contributed by atoms with Crippen LogP contribution in [0.15, 0.2) is 71.4 Å². The summed E-state index contributed by atoms with van der Waals surface area (Å²) >= 11 is 0. The Kier molecular flexibility index (Phi) is 7.18. The zero-order chi connectivity index (χ0) is 28.4. The van der Waals surface area contributed by atoms with Crippen LogP contribution >= 0.6 is 0 Å². The van der Waals surface area contributed by atoms with Crippen LogP contribution in [0, 0.1) is 0 Å². The number of aromatic nitrogens is 4. The molecule has 0 saturated heterocycles. The van der Waals surface area contributed by atoms with Crippen LogP contribution in [-0.2, 0) is 12.7 Å². The third kappa shape index (κ3) is 5.34. The maximum absolute atomic E-state index is 13.3. The summed E-state index contributed by atoms with van der Waals surface area (Å²) in [6, 6.07) is 13.6. The van der Waals surface area contributed by atoms with Gasteiger partial charge in [-0.15, -0.1) is 0 Å². The highest BCUT2D eigenvalue weighted by Gasteiger charge is 2.33. The molecule has 204 valence electrons. The number of nitrogens with zero attached hydrogens (tertiary/aromatic N) is 4. The van der Waals surface area contributed by atoms with Gasteiger partial charge in [-0.1, -0.05) is 18.2 Å². The standard InChI is InChI=1S/C28H23F3N6O3/c1-15(32)24-23(26(38)35-14-16-5-3-6-17(13-16)25-33-11-4-12-34-25)37-27(40-24)19-7-9-20(39-2)22-18(19)8-10-21(36-22)28(29,30)31/h3-13,15H,14,32H2,1-2H3,(H,35,38)/t15-/m0/s1. The lowest BCUT2D eigenvalue weighted by molar-refractivity contribution is -0.140. The van der Waals surface area contributed by atoms with Crippen LogP contribution in [0.4, 0.5) is 13.2 Å². The molecule has 0 saturated carbocycles. The number of oxazole rings is 1. The van der Waals surface area contributed by atoms with E-state index in [4.69, 9.17) is 14.9 Å². The van der Waals surface area contributed by atoms with Crippen molar-refractivity contribution < 1.29 is 27.1 Å². The molecular formula is C28H23F3N6O3. The lowest BCUT2D eigenvalue weighted by atomic mass is 10.1. The molecule has 40 heavy (non-hydrogen) atoms. The Morgan fingerprint density at radius 1 is 1.07 bits per heavy atom. The lowest BCUT2D eigenvalue weighted by Gasteiger charge is -2.11. The smallest absolute Gasteiger partial charge is 0.433 e. The average molecular weight is 549 g/mol. The topological polar surface area (TPSA) is 129 Å². The highest BCUT2D eigenvalue weighted by atomic mass is 19.4. The number of hydrogen-bond acceptors (Lipinski definition) is 8. The third-order valence-electron chi connectivity index (χ3n) is 6.05. The van der Waals surface area contributed by atoms with Gasteiger partial charge in [-0.2, -0.15) is 13.2 Å². The van der Waals surface area contributed by atoms with E-state index in [0.29, 0.717) is 16.8 Å². The number of rotatable bonds is 7. The molecule has 1 atom stereocenters. The van der Waals surface area contributed by atoms with Crippen molar-refractivity contribution in [2.75, 3.05) is 7.11 Å². The molecule has 5 aromatic rings. The summed E-state index contributed by atoms with van der Waals surface area (Å²) < 4.78 is 51.1. The van der Waals surface area contributed by atoms with E-state index in [9.17, 15) is 18.0 Å². The largest absolute Gasteiger partial charge is 0.494 e. The van der Waals surface area contributed by atoms with E-state index in [1.807, 2.05) is 24.3 Å². The van der Waals surface area contributed by atoms with Crippen LogP contribution in [0.1, 0.15) is 40.5 Å². The molecule has 3 N–H and O–H groups in total. The van der Waals surface area contributed by atoms with Gasteiger partial charge >= 0.3 is 6.18 Å². The summed E-state index contributed by atoms with van der Waals surface area (Å²) in [6.07, 6.45) is -1.35. The van der Waals surface area contributed by atoms with Crippen LogP contribution in [0.25, 0.3) is 33.7 Å².